The first-order valence-electron chi connectivity index (χ1n) is 9.26. The Labute approximate surface area is 162 Å². The van der Waals surface area contributed by atoms with Crippen molar-refractivity contribution in [1.29, 1.82) is 0 Å². The number of thiophene rings is 1. The zero-order valence-electron chi connectivity index (χ0n) is 15.4. The maximum atomic E-state index is 12.6. The van der Waals surface area contributed by atoms with Gasteiger partial charge in [0.25, 0.3) is 5.91 Å². The first-order chi connectivity index (χ1) is 13.2. The van der Waals surface area contributed by atoms with Crippen molar-refractivity contribution in [3.8, 4) is 0 Å². The molecule has 0 aliphatic carbocycles. The fourth-order valence-corrected chi connectivity index (χ4v) is 4.51. The van der Waals surface area contributed by atoms with Crippen molar-refractivity contribution in [2.75, 3.05) is 18.8 Å². The van der Waals surface area contributed by atoms with Gasteiger partial charge in [0, 0.05) is 49.5 Å². The predicted octanol–water partition coefficient (Wildman–Crippen LogP) is 2.97. The molecule has 140 valence electrons. The van der Waals surface area contributed by atoms with Gasteiger partial charge in [-0.1, -0.05) is 13.0 Å². The highest BCUT2D eigenvalue weighted by Crippen LogP contribution is 2.35. The lowest BCUT2D eigenvalue weighted by Crippen LogP contribution is -2.31. The van der Waals surface area contributed by atoms with Gasteiger partial charge in [-0.3, -0.25) is 14.7 Å². The fraction of sp³-hybridized carbons (Fsp3) is 0.350. The van der Waals surface area contributed by atoms with E-state index in [1.807, 2.05) is 12.1 Å². The molecule has 1 aliphatic rings. The summed E-state index contributed by atoms with van der Waals surface area (Å²) in [5, 5.41) is 3.82. The van der Waals surface area contributed by atoms with E-state index in [1.54, 1.807) is 12.4 Å². The molecule has 7 heteroatoms. The molecule has 0 bridgehead atoms. The summed E-state index contributed by atoms with van der Waals surface area (Å²) in [6.07, 6.45) is 5.55. The van der Waals surface area contributed by atoms with Crippen LogP contribution in [-0.4, -0.2) is 33.9 Å². The SMILES string of the molecule is CCCN1CCc2nc3sc(C(=O)NCc4cccnc4)c(N)c3cc2C1. The Morgan fingerprint density at radius 1 is 1.44 bits per heavy atom. The van der Waals surface area contributed by atoms with Crippen molar-refractivity contribution in [2.24, 2.45) is 0 Å². The fourth-order valence-electron chi connectivity index (χ4n) is 3.50. The summed E-state index contributed by atoms with van der Waals surface area (Å²) in [7, 11) is 0. The van der Waals surface area contributed by atoms with Crippen LogP contribution in [0.1, 0.15) is 39.8 Å². The minimum atomic E-state index is -0.162. The van der Waals surface area contributed by atoms with E-state index in [2.05, 4.69) is 28.2 Å². The summed E-state index contributed by atoms with van der Waals surface area (Å²) in [5.74, 6) is -0.162. The largest absolute Gasteiger partial charge is 0.397 e. The lowest BCUT2D eigenvalue weighted by molar-refractivity contribution is 0.0956. The topological polar surface area (TPSA) is 84.1 Å². The molecule has 1 amide bonds. The van der Waals surface area contributed by atoms with E-state index in [1.165, 1.54) is 16.9 Å². The molecule has 6 nitrogen and oxygen atoms in total. The highest BCUT2D eigenvalue weighted by molar-refractivity contribution is 7.21. The molecule has 3 aromatic heterocycles. The van der Waals surface area contributed by atoms with Crippen LogP contribution in [0.5, 0.6) is 0 Å². The van der Waals surface area contributed by atoms with Crippen LogP contribution in [0.2, 0.25) is 0 Å². The smallest absolute Gasteiger partial charge is 0.263 e. The van der Waals surface area contributed by atoms with Crippen LogP contribution in [0.3, 0.4) is 0 Å². The van der Waals surface area contributed by atoms with E-state index < -0.39 is 0 Å². The molecule has 4 heterocycles. The first kappa shape index (κ1) is 17.9. The van der Waals surface area contributed by atoms with Gasteiger partial charge < -0.3 is 11.1 Å². The minimum Gasteiger partial charge on any atom is -0.397 e. The van der Waals surface area contributed by atoms with Crippen molar-refractivity contribution in [3.63, 3.8) is 0 Å². The average molecular weight is 382 g/mol. The normalized spacial score (nSPS) is 14.3. The zero-order valence-corrected chi connectivity index (χ0v) is 16.2. The number of pyridine rings is 2. The Hall–Kier alpha value is -2.51. The molecule has 0 saturated heterocycles. The molecule has 1 aliphatic heterocycles. The highest BCUT2D eigenvalue weighted by atomic mass is 32.1. The van der Waals surface area contributed by atoms with Crippen molar-refractivity contribution < 1.29 is 4.79 Å². The monoisotopic (exact) mass is 381 g/mol. The lowest BCUT2D eigenvalue weighted by atomic mass is 10.0. The molecule has 0 saturated carbocycles. The second-order valence-electron chi connectivity index (χ2n) is 6.86. The van der Waals surface area contributed by atoms with Gasteiger partial charge in [-0.15, -0.1) is 11.3 Å². The second kappa shape index (κ2) is 7.62. The number of carbonyl (C=O) groups excluding carboxylic acids is 1. The summed E-state index contributed by atoms with van der Waals surface area (Å²) in [6.45, 7) is 5.67. The van der Waals surface area contributed by atoms with E-state index in [0.717, 1.165) is 53.9 Å². The van der Waals surface area contributed by atoms with Gasteiger partial charge in [0.2, 0.25) is 0 Å². The predicted molar refractivity (Wildman–Crippen MR) is 109 cm³/mol. The van der Waals surface area contributed by atoms with Crippen molar-refractivity contribution >= 4 is 33.1 Å². The van der Waals surface area contributed by atoms with Crippen molar-refractivity contribution in [1.82, 2.24) is 20.2 Å². The number of hydrogen-bond acceptors (Lipinski definition) is 6. The van der Waals surface area contributed by atoms with Gasteiger partial charge in [-0.25, -0.2) is 4.98 Å². The summed E-state index contributed by atoms with van der Waals surface area (Å²) in [5.41, 5.74) is 10.2. The molecule has 0 unspecified atom stereocenters. The standard InChI is InChI=1S/C20H23N5OS/c1-2-7-25-8-5-16-14(12-25)9-15-17(21)18(27-20(15)24-16)19(26)23-11-13-4-3-6-22-10-13/h3-4,6,9-10H,2,5,7-8,11-12,21H2,1H3,(H,23,26). The van der Waals surface area contributed by atoms with Crippen molar-refractivity contribution in [2.45, 2.75) is 32.9 Å². The Balaban J connectivity index is 1.57. The molecule has 3 aromatic rings. The number of nitrogens with one attached hydrogen (secondary N) is 1. The average Bonchev–Trinajstić information content (AvgIpc) is 3.01. The number of nitrogens with zero attached hydrogens (tertiary/aromatic N) is 3. The number of carbonyl (C=O) groups is 1. The Bertz CT molecular complexity index is 969. The molecular weight excluding hydrogens is 358 g/mol. The lowest BCUT2D eigenvalue weighted by Gasteiger charge is -2.27. The zero-order chi connectivity index (χ0) is 18.8. The maximum Gasteiger partial charge on any atom is 0.263 e. The third kappa shape index (κ3) is 3.65. The number of rotatable bonds is 5. The van der Waals surface area contributed by atoms with E-state index in [9.17, 15) is 4.79 Å². The van der Waals surface area contributed by atoms with E-state index in [4.69, 9.17) is 10.7 Å². The van der Waals surface area contributed by atoms with E-state index >= 15 is 0 Å². The number of nitrogen functional groups attached to an aromatic ring is 1. The van der Waals surface area contributed by atoms with Crippen molar-refractivity contribution in [3.05, 3.63) is 52.3 Å². The van der Waals surface area contributed by atoms with Crippen LogP contribution in [0.25, 0.3) is 10.2 Å². The number of amides is 1. The summed E-state index contributed by atoms with van der Waals surface area (Å²) < 4.78 is 0. The minimum absolute atomic E-state index is 0.162. The number of aromatic nitrogens is 2. The van der Waals surface area contributed by atoms with Crippen LogP contribution in [-0.2, 0) is 19.5 Å². The second-order valence-corrected chi connectivity index (χ2v) is 7.86. The molecule has 0 radical (unpaired) electrons. The molecular formula is C20H23N5OS. The maximum absolute atomic E-state index is 12.6. The number of fused-ring (bicyclic) bond motifs is 2. The Kier molecular flexibility index (Phi) is 5.05. The number of nitrogens with two attached hydrogens (primary N) is 1. The van der Waals surface area contributed by atoms with Crippen LogP contribution in [0, 0.1) is 0 Å². The molecule has 27 heavy (non-hydrogen) atoms. The van der Waals surface area contributed by atoms with Crippen LogP contribution in [0.15, 0.2) is 30.6 Å². The first-order valence-corrected chi connectivity index (χ1v) is 10.1. The van der Waals surface area contributed by atoms with Crippen LogP contribution in [0.4, 0.5) is 5.69 Å². The third-order valence-corrected chi connectivity index (χ3v) is 5.98. The highest BCUT2D eigenvalue weighted by Gasteiger charge is 2.22. The Morgan fingerprint density at radius 2 is 2.33 bits per heavy atom. The Morgan fingerprint density at radius 3 is 3.11 bits per heavy atom. The van der Waals surface area contributed by atoms with Gasteiger partial charge in [0.15, 0.2) is 0 Å². The van der Waals surface area contributed by atoms with Crippen LogP contribution < -0.4 is 11.1 Å². The molecule has 4 rings (SSSR count). The third-order valence-electron chi connectivity index (χ3n) is 4.87. The number of anilines is 1. The van der Waals surface area contributed by atoms with Gasteiger partial charge in [0.05, 0.1) is 5.69 Å². The molecule has 0 spiro atoms. The molecule has 0 atom stereocenters. The van der Waals surface area contributed by atoms with Crippen LogP contribution >= 0.6 is 11.3 Å². The van der Waals surface area contributed by atoms with Gasteiger partial charge >= 0.3 is 0 Å². The summed E-state index contributed by atoms with van der Waals surface area (Å²) in [6, 6.07) is 5.91. The van der Waals surface area contributed by atoms with Gasteiger partial charge in [0.1, 0.15) is 9.71 Å². The summed E-state index contributed by atoms with van der Waals surface area (Å²) >= 11 is 1.37. The van der Waals surface area contributed by atoms with E-state index in [0.29, 0.717) is 17.1 Å². The van der Waals surface area contributed by atoms with Gasteiger partial charge in [-0.2, -0.15) is 0 Å². The molecule has 3 N–H and O–H groups in total. The number of hydrogen-bond donors (Lipinski definition) is 2. The van der Waals surface area contributed by atoms with Gasteiger partial charge in [-0.05, 0) is 36.2 Å². The molecule has 0 fully saturated rings. The van der Waals surface area contributed by atoms with E-state index in [-0.39, 0.29) is 5.91 Å². The quantitative estimate of drug-likeness (QED) is 0.710. The molecule has 0 aromatic carbocycles. The summed E-state index contributed by atoms with van der Waals surface area (Å²) in [4.78, 5) is 25.3.